The van der Waals surface area contributed by atoms with Crippen molar-refractivity contribution in [2.24, 2.45) is 4.99 Å². The predicted octanol–water partition coefficient (Wildman–Crippen LogP) is 5.21. The van der Waals surface area contributed by atoms with Gasteiger partial charge in [-0.1, -0.05) is 39.0 Å². The van der Waals surface area contributed by atoms with E-state index >= 15 is 0 Å². The van der Waals surface area contributed by atoms with Crippen LogP contribution in [0, 0.1) is 0 Å². The zero-order valence-electron chi connectivity index (χ0n) is 12.7. The molecule has 1 aromatic carbocycles. The molecule has 22 heavy (non-hydrogen) atoms. The van der Waals surface area contributed by atoms with E-state index in [1.54, 1.807) is 12.4 Å². The van der Waals surface area contributed by atoms with E-state index < -0.39 is 20.8 Å². The van der Waals surface area contributed by atoms with Gasteiger partial charge in [0.1, 0.15) is 5.75 Å². The first kappa shape index (κ1) is 19.4. The molecule has 0 amide bonds. The summed E-state index contributed by atoms with van der Waals surface area (Å²) in [6.45, 7) is 6.21. The van der Waals surface area contributed by atoms with Gasteiger partial charge in [0.05, 0.1) is 0 Å². The van der Waals surface area contributed by atoms with Crippen LogP contribution in [0.2, 0.25) is 0 Å². The molecule has 1 N–H and O–H groups in total. The molecule has 0 unspecified atom stereocenters. The zero-order valence-corrected chi connectivity index (χ0v) is 16.7. The van der Waals surface area contributed by atoms with Gasteiger partial charge in [-0.3, -0.25) is 0 Å². The van der Waals surface area contributed by atoms with Crippen molar-refractivity contribution >= 4 is 29.1 Å². The molecule has 0 fully saturated rings. The zero-order chi connectivity index (χ0) is 16.6. The van der Waals surface area contributed by atoms with E-state index in [-0.39, 0.29) is 11.2 Å². The summed E-state index contributed by atoms with van der Waals surface area (Å²) in [6.07, 6.45) is 3.34. The minimum atomic E-state index is -0.826. The molecule has 0 aliphatic rings. The molecule has 0 saturated heterocycles. The molecule has 1 heterocycles. The fourth-order valence-electron chi connectivity index (χ4n) is 1.84. The average molecular weight is 416 g/mol. The Morgan fingerprint density at radius 1 is 1.14 bits per heavy atom. The summed E-state index contributed by atoms with van der Waals surface area (Å²) >= 11 is -0.826. The third-order valence-corrected chi connectivity index (χ3v) is 2.86. The van der Waals surface area contributed by atoms with E-state index in [1.165, 1.54) is 0 Å². The van der Waals surface area contributed by atoms with Crippen molar-refractivity contribution in [1.82, 2.24) is 4.98 Å². The molecule has 0 spiro atoms. The van der Waals surface area contributed by atoms with Crippen LogP contribution in [0.1, 0.15) is 31.9 Å². The third kappa shape index (κ3) is 6.20. The summed E-state index contributed by atoms with van der Waals surface area (Å²) in [6, 6.07) is 11.3. The molecule has 2 rings (SSSR count). The Hall–Kier alpha value is -0.697. The molecule has 6 heteroatoms. The quantitative estimate of drug-likeness (QED) is 0.683. The van der Waals surface area contributed by atoms with Gasteiger partial charge in [0, 0.05) is 18.0 Å². The molecule has 0 aliphatic heterocycles. The van der Waals surface area contributed by atoms with Crippen LogP contribution >= 0.6 is 17.0 Å². The fraction of sp³-hybridized carbons (Fsp3) is 0.250. The second-order valence-electron chi connectivity index (χ2n) is 5.51. The normalized spacial score (nSPS) is 11.0. The van der Waals surface area contributed by atoms with E-state index in [0.29, 0.717) is 11.4 Å². The Morgan fingerprint density at radius 2 is 1.82 bits per heavy atom. The second kappa shape index (κ2) is 9.44. The van der Waals surface area contributed by atoms with Crippen LogP contribution < -0.4 is 0 Å². The number of benzene rings is 1. The van der Waals surface area contributed by atoms with Crippen molar-refractivity contribution in [2.75, 3.05) is 0 Å². The molecule has 116 valence electrons. The predicted molar refractivity (Wildman–Crippen MR) is 90.0 cm³/mol. The average Bonchev–Trinajstić information content (AvgIpc) is 2.47. The van der Waals surface area contributed by atoms with Crippen LogP contribution in [0.5, 0.6) is 5.75 Å². The standard InChI is InChI=1S/C16H18N2O.2ClH.Zr/c1-16(2,3)13-8-6-7-12(15(13)19)11-18-14-9-4-5-10-17-14;;;/h4-11,19H,1-3H3;2*1H;/q;;;+2/p-2. The molecule has 1 aromatic heterocycles. The number of aromatic nitrogens is 1. The Kier molecular flexibility index (Phi) is 8.31. The first-order valence-electron chi connectivity index (χ1n) is 6.64. The van der Waals surface area contributed by atoms with Gasteiger partial charge in [-0.25, -0.2) is 9.98 Å². The van der Waals surface area contributed by atoms with Crippen LogP contribution in [-0.2, 0) is 26.3 Å². The van der Waals surface area contributed by atoms with E-state index in [0.717, 1.165) is 5.56 Å². The summed E-state index contributed by atoms with van der Waals surface area (Å²) < 4.78 is 0. The Morgan fingerprint density at radius 3 is 2.36 bits per heavy atom. The summed E-state index contributed by atoms with van der Waals surface area (Å²) in [5.41, 5.74) is 1.52. The number of aliphatic imine (C=N–C) groups is 1. The first-order chi connectivity index (χ1) is 10.4. The van der Waals surface area contributed by atoms with Crippen molar-refractivity contribution in [3.8, 4) is 5.75 Å². The first-order valence-corrected chi connectivity index (χ1v) is 13.0. The number of phenols is 1. The van der Waals surface area contributed by atoms with Gasteiger partial charge < -0.3 is 5.11 Å². The number of para-hydroxylation sites is 1. The Balaban J connectivity index is 0.000000745. The number of hydrogen-bond donors (Lipinski definition) is 1. The van der Waals surface area contributed by atoms with E-state index in [9.17, 15) is 5.11 Å². The molecule has 0 saturated carbocycles. The molecule has 0 radical (unpaired) electrons. The summed E-state index contributed by atoms with van der Waals surface area (Å²) in [5, 5.41) is 10.3. The van der Waals surface area contributed by atoms with Gasteiger partial charge in [-0.2, -0.15) is 0 Å². The third-order valence-electron chi connectivity index (χ3n) is 2.86. The number of phenolic OH excluding ortho intramolecular Hbond substituents is 1. The summed E-state index contributed by atoms with van der Waals surface area (Å²) in [5.74, 6) is 0.915. The molecule has 3 nitrogen and oxygen atoms in total. The van der Waals surface area contributed by atoms with E-state index in [4.69, 9.17) is 17.0 Å². The van der Waals surface area contributed by atoms with Crippen LogP contribution in [-0.4, -0.2) is 16.3 Å². The molecular weight excluding hydrogens is 398 g/mol. The minimum absolute atomic E-state index is 0.0983. The van der Waals surface area contributed by atoms with Gasteiger partial charge in [-0.15, -0.1) is 0 Å². The summed E-state index contributed by atoms with van der Waals surface area (Å²) in [7, 11) is 9.87. The van der Waals surface area contributed by atoms with Gasteiger partial charge in [-0.05, 0) is 29.2 Å². The van der Waals surface area contributed by atoms with Crippen LogP contribution in [0.4, 0.5) is 5.82 Å². The van der Waals surface area contributed by atoms with Crippen molar-refractivity contribution in [3.05, 3.63) is 53.7 Å². The van der Waals surface area contributed by atoms with Crippen LogP contribution in [0.3, 0.4) is 0 Å². The SMILES string of the molecule is CC(C)(C)c1cccc(C=Nc2ccccn2)c1O.[Cl][Zr][Cl]. The van der Waals surface area contributed by atoms with Crippen molar-refractivity contribution in [1.29, 1.82) is 0 Å². The van der Waals surface area contributed by atoms with Gasteiger partial charge in [0.2, 0.25) is 0 Å². The number of nitrogens with zero attached hydrogens (tertiary/aromatic N) is 2. The molecule has 2 aromatic rings. The Bertz CT molecular complexity index is 613. The van der Waals surface area contributed by atoms with Crippen molar-refractivity contribution in [2.45, 2.75) is 26.2 Å². The number of aromatic hydroxyl groups is 1. The van der Waals surface area contributed by atoms with E-state index in [1.807, 2.05) is 36.4 Å². The van der Waals surface area contributed by atoms with Gasteiger partial charge in [0.15, 0.2) is 5.82 Å². The van der Waals surface area contributed by atoms with Crippen LogP contribution in [0.15, 0.2) is 47.6 Å². The number of hydrogen-bond acceptors (Lipinski definition) is 3. The molecule has 0 aliphatic carbocycles. The van der Waals surface area contributed by atoms with Crippen LogP contribution in [0.25, 0.3) is 0 Å². The summed E-state index contributed by atoms with van der Waals surface area (Å²) in [4.78, 5) is 8.38. The molecule has 0 bridgehead atoms. The maximum atomic E-state index is 10.3. The maximum absolute atomic E-state index is 10.3. The topological polar surface area (TPSA) is 45.5 Å². The number of halogens is 2. The fourth-order valence-corrected chi connectivity index (χ4v) is 1.84. The van der Waals surface area contributed by atoms with Gasteiger partial charge >= 0.3 is 37.9 Å². The van der Waals surface area contributed by atoms with Gasteiger partial charge in [0.25, 0.3) is 0 Å². The Labute approximate surface area is 150 Å². The van der Waals surface area contributed by atoms with Crippen molar-refractivity contribution < 1.29 is 26.0 Å². The second-order valence-corrected chi connectivity index (χ2v) is 9.24. The van der Waals surface area contributed by atoms with Crippen molar-refractivity contribution in [3.63, 3.8) is 0 Å². The van der Waals surface area contributed by atoms with E-state index in [2.05, 4.69) is 30.7 Å². The number of rotatable bonds is 2. The molecular formula is C16H18Cl2N2OZr. The number of pyridine rings is 1. The monoisotopic (exact) mass is 414 g/mol. The molecule has 0 atom stereocenters.